The highest BCUT2D eigenvalue weighted by Gasteiger charge is 2.28. The summed E-state index contributed by atoms with van der Waals surface area (Å²) in [5.74, 6) is 0.635. The predicted octanol–water partition coefficient (Wildman–Crippen LogP) is 1.75. The monoisotopic (exact) mass is 328 g/mol. The Morgan fingerprint density at radius 1 is 1.17 bits per heavy atom. The number of anilines is 2. The van der Waals surface area contributed by atoms with E-state index in [1.54, 1.807) is 7.05 Å². The molecule has 24 heavy (non-hydrogen) atoms. The van der Waals surface area contributed by atoms with Gasteiger partial charge in [0.1, 0.15) is 6.33 Å². The van der Waals surface area contributed by atoms with E-state index in [1.807, 2.05) is 23.1 Å². The SMILES string of the molecule is CNc1ncnc(N2CCN(Cc3ccccc3)CC2)c1[N+](=O)[O-]. The van der Waals surface area contributed by atoms with Gasteiger partial charge in [0.25, 0.3) is 0 Å². The Kier molecular flexibility index (Phi) is 4.85. The zero-order valence-corrected chi connectivity index (χ0v) is 13.6. The van der Waals surface area contributed by atoms with Crippen LogP contribution in [-0.2, 0) is 6.54 Å². The van der Waals surface area contributed by atoms with Crippen LogP contribution in [0.25, 0.3) is 0 Å². The summed E-state index contributed by atoms with van der Waals surface area (Å²) in [6, 6.07) is 10.3. The van der Waals surface area contributed by atoms with Gasteiger partial charge in [0.05, 0.1) is 4.92 Å². The molecule has 1 saturated heterocycles. The van der Waals surface area contributed by atoms with Gasteiger partial charge in [-0.1, -0.05) is 30.3 Å². The fourth-order valence-electron chi connectivity index (χ4n) is 2.91. The summed E-state index contributed by atoms with van der Waals surface area (Å²) >= 11 is 0. The molecule has 2 heterocycles. The van der Waals surface area contributed by atoms with Crippen molar-refractivity contribution in [3.63, 3.8) is 0 Å². The first-order valence-corrected chi connectivity index (χ1v) is 7.87. The molecule has 126 valence electrons. The Balaban J connectivity index is 1.70. The zero-order chi connectivity index (χ0) is 16.9. The first-order chi connectivity index (χ1) is 11.7. The number of nitro groups is 1. The number of hydrogen-bond acceptors (Lipinski definition) is 7. The molecule has 0 unspecified atom stereocenters. The molecule has 0 spiro atoms. The average molecular weight is 328 g/mol. The summed E-state index contributed by atoms with van der Waals surface area (Å²) in [5, 5.41) is 14.2. The van der Waals surface area contributed by atoms with Crippen LogP contribution in [0.1, 0.15) is 5.56 Å². The van der Waals surface area contributed by atoms with Gasteiger partial charge in [-0.2, -0.15) is 0 Å². The van der Waals surface area contributed by atoms with Crippen LogP contribution in [0.5, 0.6) is 0 Å². The van der Waals surface area contributed by atoms with Crippen molar-refractivity contribution in [1.82, 2.24) is 14.9 Å². The van der Waals surface area contributed by atoms with E-state index in [-0.39, 0.29) is 11.5 Å². The molecule has 1 N–H and O–H groups in total. The Bertz CT molecular complexity index is 701. The standard InChI is InChI=1S/C16H20N6O2/c1-17-15-14(22(23)24)16(19-12-18-15)21-9-7-20(8-10-21)11-13-5-3-2-4-6-13/h2-6,12H,7-11H2,1H3,(H,17,18,19). The van der Waals surface area contributed by atoms with Gasteiger partial charge >= 0.3 is 5.69 Å². The normalized spacial score (nSPS) is 15.3. The maximum Gasteiger partial charge on any atom is 0.353 e. The average Bonchev–Trinajstić information content (AvgIpc) is 2.62. The molecule has 0 aliphatic carbocycles. The molecule has 0 radical (unpaired) electrons. The molecular weight excluding hydrogens is 308 g/mol. The topological polar surface area (TPSA) is 87.4 Å². The molecule has 8 nitrogen and oxygen atoms in total. The van der Waals surface area contributed by atoms with Gasteiger partial charge in [-0.3, -0.25) is 15.0 Å². The molecule has 1 aliphatic heterocycles. The highest BCUT2D eigenvalue weighted by atomic mass is 16.6. The fourth-order valence-corrected chi connectivity index (χ4v) is 2.91. The highest BCUT2D eigenvalue weighted by Crippen LogP contribution is 2.31. The third-order valence-electron chi connectivity index (χ3n) is 4.14. The van der Waals surface area contributed by atoms with Crippen molar-refractivity contribution in [3.05, 3.63) is 52.3 Å². The molecular formula is C16H20N6O2. The van der Waals surface area contributed by atoms with E-state index in [1.165, 1.54) is 11.9 Å². The molecule has 8 heteroatoms. The van der Waals surface area contributed by atoms with Gasteiger partial charge in [-0.15, -0.1) is 0 Å². The molecule has 1 aromatic heterocycles. The number of aromatic nitrogens is 2. The summed E-state index contributed by atoms with van der Waals surface area (Å²) < 4.78 is 0. The lowest BCUT2D eigenvalue weighted by molar-refractivity contribution is -0.383. The molecule has 0 amide bonds. The fraction of sp³-hybridized carbons (Fsp3) is 0.375. The second-order valence-corrected chi connectivity index (χ2v) is 5.65. The predicted molar refractivity (Wildman–Crippen MR) is 92.2 cm³/mol. The third-order valence-corrected chi connectivity index (χ3v) is 4.14. The minimum Gasteiger partial charge on any atom is -0.367 e. The number of nitrogens with one attached hydrogen (secondary N) is 1. The van der Waals surface area contributed by atoms with E-state index < -0.39 is 4.92 Å². The Labute approximate surface area is 140 Å². The van der Waals surface area contributed by atoms with Crippen LogP contribution in [0.3, 0.4) is 0 Å². The van der Waals surface area contributed by atoms with Crippen molar-refractivity contribution in [2.75, 3.05) is 43.4 Å². The number of nitrogens with zero attached hydrogens (tertiary/aromatic N) is 5. The van der Waals surface area contributed by atoms with Gasteiger partial charge < -0.3 is 10.2 Å². The lowest BCUT2D eigenvalue weighted by Gasteiger charge is -2.35. The van der Waals surface area contributed by atoms with E-state index in [9.17, 15) is 10.1 Å². The number of benzene rings is 1. The van der Waals surface area contributed by atoms with E-state index in [2.05, 4.69) is 32.3 Å². The molecule has 2 aromatic rings. The molecule has 1 fully saturated rings. The molecule has 3 rings (SSSR count). The Hall–Kier alpha value is -2.74. The van der Waals surface area contributed by atoms with Crippen LogP contribution in [0, 0.1) is 10.1 Å². The van der Waals surface area contributed by atoms with Gasteiger partial charge in [-0.25, -0.2) is 9.97 Å². The minimum atomic E-state index is -0.419. The van der Waals surface area contributed by atoms with Crippen molar-refractivity contribution >= 4 is 17.3 Å². The molecule has 0 bridgehead atoms. The maximum atomic E-state index is 11.4. The van der Waals surface area contributed by atoms with Crippen LogP contribution in [-0.4, -0.2) is 53.0 Å². The second kappa shape index (κ2) is 7.22. The van der Waals surface area contributed by atoms with Gasteiger partial charge in [0.2, 0.25) is 11.6 Å². The summed E-state index contributed by atoms with van der Waals surface area (Å²) in [4.78, 5) is 23.4. The number of rotatable bonds is 5. The first kappa shape index (κ1) is 16.1. The van der Waals surface area contributed by atoms with Crippen molar-refractivity contribution in [2.24, 2.45) is 0 Å². The van der Waals surface area contributed by atoms with Crippen LogP contribution in [0.4, 0.5) is 17.3 Å². The van der Waals surface area contributed by atoms with Crippen molar-refractivity contribution in [3.8, 4) is 0 Å². The van der Waals surface area contributed by atoms with Crippen LogP contribution >= 0.6 is 0 Å². The van der Waals surface area contributed by atoms with Crippen molar-refractivity contribution < 1.29 is 4.92 Å². The Morgan fingerprint density at radius 2 is 1.88 bits per heavy atom. The molecule has 1 aromatic carbocycles. The molecule has 0 atom stereocenters. The van der Waals surface area contributed by atoms with Crippen LogP contribution in [0.15, 0.2) is 36.7 Å². The third kappa shape index (κ3) is 3.43. The van der Waals surface area contributed by atoms with Gasteiger partial charge in [0.15, 0.2) is 0 Å². The van der Waals surface area contributed by atoms with Crippen LogP contribution in [0.2, 0.25) is 0 Å². The van der Waals surface area contributed by atoms with Crippen molar-refractivity contribution in [2.45, 2.75) is 6.54 Å². The van der Waals surface area contributed by atoms with E-state index in [0.717, 1.165) is 19.6 Å². The number of piperazine rings is 1. The summed E-state index contributed by atoms with van der Waals surface area (Å²) in [6.07, 6.45) is 1.37. The molecule has 0 saturated carbocycles. The van der Waals surface area contributed by atoms with E-state index >= 15 is 0 Å². The van der Waals surface area contributed by atoms with E-state index in [0.29, 0.717) is 18.9 Å². The highest BCUT2D eigenvalue weighted by molar-refractivity contribution is 5.70. The Morgan fingerprint density at radius 3 is 2.50 bits per heavy atom. The minimum absolute atomic E-state index is 0.0588. The van der Waals surface area contributed by atoms with Gasteiger partial charge in [0, 0.05) is 39.8 Å². The maximum absolute atomic E-state index is 11.4. The summed E-state index contributed by atoms with van der Waals surface area (Å²) in [7, 11) is 1.62. The smallest absolute Gasteiger partial charge is 0.353 e. The second-order valence-electron chi connectivity index (χ2n) is 5.65. The van der Waals surface area contributed by atoms with Crippen molar-refractivity contribution in [1.29, 1.82) is 0 Å². The van der Waals surface area contributed by atoms with Crippen LogP contribution < -0.4 is 10.2 Å². The quantitative estimate of drug-likeness (QED) is 0.661. The lowest BCUT2D eigenvalue weighted by Crippen LogP contribution is -2.46. The first-order valence-electron chi connectivity index (χ1n) is 7.87. The summed E-state index contributed by atoms with van der Waals surface area (Å²) in [6.45, 7) is 3.97. The lowest BCUT2D eigenvalue weighted by atomic mass is 10.2. The van der Waals surface area contributed by atoms with E-state index in [4.69, 9.17) is 0 Å². The summed E-state index contributed by atoms with van der Waals surface area (Å²) in [5.41, 5.74) is 1.22. The molecule has 1 aliphatic rings. The largest absolute Gasteiger partial charge is 0.367 e. The zero-order valence-electron chi connectivity index (χ0n) is 13.6. The number of hydrogen-bond donors (Lipinski definition) is 1. The van der Waals surface area contributed by atoms with Gasteiger partial charge in [-0.05, 0) is 5.56 Å².